The third-order valence-electron chi connectivity index (χ3n) is 7.87. The van der Waals surface area contributed by atoms with Crippen molar-refractivity contribution in [2.45, 2.75) is 96.0 Å². The predicted molar refractivity (Wildman–Crippen MR) is 103 cm³/mol. The summed E-state index contributed by atoms with van der Waals surface area (Å²) in [4.78, 5) is 0. The van der Waals surface area contributed by atoms with Crippen LogP contribution in [0.5, 0.6) is 0 Å². The highest BCUT2D eigenvalue weighted by atomic mass is 16.5. The Morgan fingerprint density at radius 2 is 1.12 bits per heavy atom. The molecule has 0 amide bonds. The second-order valence-electron chi connectivity index (χ2n) is 9.09. The predicted octanol–water partition coefficient (Wildman–Crippen LogP) is 6.77. The Hall–Kier alpha value is -0.300. The van der Waals surface area contributed by atoms with E-state index in [4.69, 9.17) is 4.74 Å². The molecule has 3 rings (SSSR count). The lowest BCUT2D eigenvalue weighted by Gasteiger charge is -2.41. The zero-order chi connectivity index (χ0) is 16.8. The molecule has 0 aromatic rings. The topological polar surface area (TPSA) is 9.23 Å². The minimum Gasteiger partial charge on any atom is -0.381 e. The molecule has 138 valence electrons. The molecule has 0 spiro atoms. The lowest BCUT2D eigenvalue weighted by molar-refractivity contribution is 0.0355. The van der Waals surface area contributed by atoms with E-state index in [2.05, 4.69) is 12.7 Å². The highest BCUT2D eigenvalue weighted by molar-refractivity contribution is 4.86. The third-order valence-corrected chi connectivity index (χ3v) is 7.87. The molecule has 0 unspecified atom stereocenters. The molecule has 1 nitrogen and oxygen atoms in total. The van der Waals surface area contributed by atoms with Crippen molar-refractivity contribution in [3.63, 3.8) is 0 Å². The van der Waals surface area contributed by atoms with Gasteiger partial charge in [-0.2, -0.15) is 0 Å². The second-order valence-corrected chi connectivity index (χ2v) is 9.09. The van der Waals surface area contributed by atoms with E-state index in [0.29, 0.717) is 6.10 Å². The first-order chi connectivity index (χ1) is 11.8. The Kier molecular flexibility index (Phi) is 7.25. The quantitative estimate of drug-likeness (QED) is 0.488. The average molecular weight is 333 g/mol. The minimum absolute atomic E-state index is 0.564. The Morgan fingerprint density at radius 3 is 1.54 bits per heavy atom. The standard InChI is InChI=1S/C23H40O/c1-3-4-5-18-6-8-19(9-7-18)20-10-12-21(13-11-20)22-14-16-23(24-2)17-15-22/h3,18-23H,1,4-17H2,2H3. The van der Waals surface area contributed by atoms with E-state index in [1.807, 2.05) is 7.11 Å². The lowest BCUT2D eigenvalue weighted by atomic mass is 9.65. The van der Waals surface area contributed by atoms with E-state index in [9.17, 15) is 0 Å². The Balaban J connectivity index is 1.36. The molecule has 3 fully saturated rings. The summed E-state index contributed by atoms with van der Waals surface area (Å²) in [6.45, 7) is 3.88. The molecular formula is C23H40O. The molecule has 0 saturated heterocycles. The van der Waals surface area contributed by atoms with Crippen LogP contribution in [-0.2, 0) is 4.74 Å². The van der Waals surface area contributed by atoms with Crippen molar-refractivity contribution in [2.24, 2.45) is 29.6 Å². The summed E-state index contributed by atoms with van der Waals surface area (Å²) in [5, 5.41) is 0. The van der Waals surface area contributed by atoms with Crippen LogP contribution in [0.1, 0.15) is 89.9 Å². The first-order valence-corrected chi connectivity index (χ1v) is 10.9. The van der Waals surface area contributed by atoms with Gasteiger partial charge >= 0.3 is 0 Å². The maximum absolute atomic E-state index is 5.55. The fourth-order valence-electron chi connectivity index (χ4n) is 6.19. The third kappa shape index (κ3) is 4.87. The van der Waals surface area contributed by atoms with Gasteiger partial charge in [0.05, 0.1) is 6.10 Å². The first kappa shape index (κ1) is 18.5. The number of methoxy groups -OCH3 is 1. The van der Waals surface area contributed by atoms with E-state index < -0.39 is 0 Å². The van der Waals surface area contributed by atoms with Gasteiger partial charge < -0.3 is 4.74 Å². The minimum atomic E-state index is 0.564. The monoisotopic (exact) mass is 332 g/mol. The van der Waals surface area contributed by atoms with Crippen molar-refractivity contribution in [1.29, 1.82) is 0 Å². The van der Waals surface area contributed by atoms with Gasteiger partial charge in [0, 0.05) is 7.11 Å². The van der Waals surface area contributed by atoms with Gasteiger partial charge in [0.15, 0.2) is 0 Å². The van der Waals surface area contributed by atoms with Gasteiger partial charge in [-0.25, -0.2) is 0 Å². The van der Waals surface area contributed by atoms with Crippen LogP contribution in [-0.4, -0.2) is 13.2 Å². The number of hydrogen-bond acceptors (Lipinski definition) is 1. The maximum atomic E-state index is 5.55. The molecule has 3 aliphatic rings. The Labute approximate surface area is 150 Å². The van der Waals surface area contributed by atoms with Crippen LogP contribution in [0.3, 0.4) is 0 Å². The van der Waals surface area contributed by atoms with Crippen LogP contribution in [0.15, 0.2) is 12.7 Å². The van der Waals surface area contributed by atoms with Crippen LogP contribution >= 0.6 is 0 Å². The summed E-state index contributed by atoms with van der Waals surface area (Å²) in [5.74, 6) is 5.20. The van der Waals surface area contributed by atoms with Crippen molar-refractivity contribution in [1.82, 2.24) is 0 Å². The van der Waals surface area contributed by atoms with Crippen LogP contribution in [0.25, 0.3) is 0 Å². The largest absolute Gasteiger partial charge is 0.381 e. The summed E-state index contributed by atoms with van der Waals surface area (Å²) < 4.78 is 5.55. The summed E-state index contributed by atoms with van der Waals surface area (Å²) >= 11 is 0. The summed E-state index contributed by atoms with van der Waals surface area (Å²) in [5.41, 5.74) is 0. The molecule has 0 aliphatic heterocycles. The van der Waals surface area contributed by atoms with E-state index in [0.717, 1.165) is 29.6 Å². The molecule has 0 radical (unpaired) electrons. The van der Waals surface area contributed by atoms with Crippen molar-refractivity contribution in [2.75, 3.05) is 7.11 Å². The molecule has 3 saturated carbocycles. The average Bonchev–Trinajstić information content (AvgIpc) is 2.67. The van der Waals surface area contributed by atoms with Crippen LogP contribution in [0.2, 0.25) is 0 Å². The molecule has 24 heavy (non-hydrogen) atoms. The lowest BCUT2D eigenvalue weighted by Crippen LogP contribution is -2.30. The van der Waals surface area contributed by atoms with E-state index in [1.165, 1.54) is 89.9 Å². The molecule has 0 N–H and O–H groups in total. The van der Waals surface area contributed by atoms with Gasteiger partial charge in [0.25, 0.3) is 0 Å². The highest BCUT2D eigenvalue weighted by Gasteiger charge is 2.34. The summed E-state index contributed by atoms with van der Waals surface area (Å²) in [6, 6.07) is 0. The van der Waals surface area contributed by atoms with E-state index in [-0.39, 0.29) is 0 Å². The molecule has 1 heteroatoms. The van der Waals surface area contributed by atoms with Crippen molar-refractivity contribution < 1.29 is 4.74 Å². The normalized spacial score (nSPS) is 41.0. The van der Waals surface area contributed by atoms with Gasteiger partial charge in [-0.3, -0.25) is 0 Å². The van der Waals surface area contributed by atoms with Crippen molar-refractivity contribution in [3.05, 3.63) is 12.7 Å². The van der Waals surface area contributed by atoms with Gasteiger partial charge in [-0.15, -0.1) is 6.58 Å². The van der Waals surface area contributed by atoms with Gasteiger partial charge in [0.1, 0.15) is 0 Å². The Morgan fingerprint density at radius 1 is 0.708 bits per heavy atom. The van der Waals surface area contributed by atoms with Gasteiger partial charge in [-0.05, 0) is 107 Å². The van der Waals surface area contributed by atoms with E-state index in [1.54, 1.807) is 0 Å². The first-order valence-electron chi connectivity index (χ1n) is 10.9. The van der Waals surface area contributed by atoms with Crippen LogP contribution < -0.4 is 0 Å². The molecule has 0 heterocycles. The SMILES string of the molecule is C=CCCC1CCC(C2CCC(C3CCC(OC)CC3)CC2)CC1. The zero-order valence-electron chi connectivity index (χ0n) is 16.1. The molecule has 0 aromatic heterocycles. The fraction of sp³-hybridized carbons (Fsp3) is 0.913. The molecule has 0 atom stereocenters. The number of allylic oxidation sites excluding steroid dienone is 1. The van der Waals surface area contributed by atoms with Crippen LogP contribution in [0, 0.1) is 29.6 Å². The number of hydrogen-bond donors (Lipinski definition) is 0. The number of ether oxygens (including phenoxy) is 1. The van der Waals surface area contributed by atoms with Gasteiger partial charge in [-0.1, -0.05) is 18.9 Å². The fourth-order valence-corrected chi connectivity index (χ4v) is 6.19. The smallest absolute Gasteiger partial charge is 0.0571 e. The molecule has 3 aliphatic carbocycles. The molecular weight excluding hydrogens is 292 g/mol. The number of rotatable bonds is 6. The molecule has 0 aromatic carbocycles. The van der Waals surface area contributed by atoms with Crippen molar-refractivity contribution >= 4 is 0 Å². The van der Waals surface area contributed by atoms with Crippen molar-refractivity contribution in [3.8, 4) is 0 Å². The molecule has 0 bridgehead atoms. The second kappa shape index (κ2) is 9.41. The zero-order valence-corrected chi connectivity index (χ0v) is 16.1. The maximum Gasteiger partial charge on any atom is 0.0571 e. The summed E-state index contributed by atoms with van der Waals surface area (Å²) in [6.07, 6.45) is 23.0. The van der Waals surface area contributed by atoms with Gasteiger partial charge in [0.2, 0.25) is 0 Å². The van der Waals surface area contributed by atoms with Crippen LogP contribution in [0.4, 0.5) is 0 Å². The highest BCUT2D eigenvalue weighted by Crippen LogP contribution is 2.45. The summed E-state index contributed by atoms with van der Waals surface area (Å²) in [7, 11) is 1.89. The Bertz CT molecular complexity index is 352. The van der Waals surface area contributed by atoms with E-state index >= 15 is 0 Å².